The summed E-state index contributed by atoms with van der Waals surface area (Å²) >= 11 is 0. The van der Waals surface area contributed by atoms with Crippen molar-refractivity contribution in [2.45, 2.75) is 6.92 Å². The van der Waals surface area contributed by atoms with Crippen LogP contribution in [0.3, 0.4) is 0 Å². The maximum atomic E-state index is 15.9. The monoisotopic (exact) mass is 524 g/mol. The highest BCUT2D eigenvalue weighted by Gasteiger charge is 2.22. The van der Waals surface area contributed by atoms with Gasteiger partial charge in [-0.2, -0.15) is 5.10 Å². The Hall–Kier alpha value is -4.70. The van der Waals surface area contributed by atoms with Gasteiger partial charge in [-0.15, -0.1) is 0 Å². The second kappa shape index (κ2) is 9.88. The molecule has 0 radical (unpaired) electrons. The first-order chi connectivity index (χ1) is 18.9. The summed E-state index contributed by atoms with van der Waals surface area (Å²) in [4.78, 5) is 18.6. The first kappa shape index (κ1) is 24.6. The molecule has 3 N–H and O–H groups in total. The van der Waals surface area contributed by atoms with E-state index in [0.717, 1.165) is 23.2 Å². The average molecular weight is 525 g/mol. The number of rotatable bonds is 7. The number of para-hydroxylation sites is 1. The van der Waals surface area contributed by atoms with E-state index >= 15 is 4.39 Å². The minimum atomic E-state index is -0.508. The SMILES string of the molecule is Cc1ccncc1-c1ncc2[nH]nc(-c3nc4c(-c5cc(F)cc(NCCN(C)C)c5)cccc4[nH]3)c2c1F. The normalized spacial score (nSPS) is 11.6. The molecule has 6 aromatic rings. The van der Waals surface area contributed by atoms with Crippen molar-refractivity contribution in [3.05, 3.63) is 78.3 Å². The Bertz CT molecular complexity index is 1820. The van der Waals surface area contributed by atoms with Gasteiger partial charge >= 0.3 is 0 Å². The van der Waals surface area contributed by atoms with Gasteiger partial charge in [0.25, 0.3) is 0 Å². The summed E-state index contributed by atoms with van der Waals surface area (Å²) in [6.07, 6.45) is 4.82. The maximum Gasteiger partial charge on any atom is 0.161 e. The summed E-state index contributed by atoms with van der Waals surface area (Å²) in [6, 6.07) is 12.3. The number of hydrogen-bond acceptors (Lipinski definition) is 6. The zero-order valence-electron chi connectivity index (χ0n) is 21.7. The zero-order valence-corrected chi connectivity index (χ0v) is 21.7. The summed E-state index contributed by atoms with van der Waals surface area (Å²) in [5.41, 5.74) is 5.92. The van der Waals surface area contributed by atoms with Crippen LogP contribution in [0.4, 0.5) is 14.5 Å². The molecule has 0 atom stereocenters. The van der Waals surface area contributed by atoms with Crippen molar-refractivity contribution >= 4 is 27.6 Å². The summed E-state index contributed by atoms with van der Waals surface area (Å²) in [5, 5.41) is 10.8. The van der Waals surface area contributed by atoms with Gasteiger partial charge < -0.3 is 15.2 Å². The van der Waals surface area contributed by atoms with Crippen LogP contribution in [0.25, 0.3) is 55.8 Å². The fourth-order valence-electron chi connectivity index (χ4n) is 4.69. The molecule has 2 aromatic carbocycles. The van der Waals surface area contributed by atoms with Crippen molar-refractivity contribution in [1.82, 2.24) is 35.0 Å². The molecule has 0 aliphatic carbocycles. The lowest BCUT2D eigenvalue weighted by molar-refractivity contribution is 0.425. The van der Waals surface area contributed by atoms with Gasteiger partial charge in [-0.1, -0.05) is 12.1 Å². The second-order valence-electron chi connectivity index (χ2n) is 9.72. The van der Waals surface area contributed by atoms with Crippen molar-refractivity contribution < 1.29 is 8.78 Å². The third-order valence-corrected chi connectivity index (χ3v) is 6.67. The van der Waals surface area contributed by atoms with Gasteiger partial charge in [0, 0.05) is 42.3 Å². The van der Waals surface area contributed by atoms with Crippen LogP contribution in [0.1, 0.15) is 5.56 Å². The van der Waals surface area contributed by atoms with Gasteiger partial charge in [-0.25, -0.2) is 13.8 Å². The van der Waals surface area contributed by atoms with Crippen molar-refractivity contribution in [1.29, 1.82) is 0 Å². The van der Waals surface area contributed by atoms with E-state index in [9.17, 15) is 4.39 Å². The molecule has 6 rings (SSSR count). The Morgan fingerprint density at radius 2 is 1.85 bits per heavy atom. The Labute approximate surface area is 223 Å². The van der Waals surface area contributed by atoms with E-state index in [1.165, 1.54) is 12.1 Å². The quantitative estimate of drug-likeness (QED) is 0.245. The third-order valence-electron chi connectivity index (χ3n) is 6.67. The molecule has 0 bridgehead atoms. The predicted molar refractivity (Wildman–Crippen MR) is 149 cm³/mol. The van der Waals surface area contributed by atoms with Crippen molar-refractivity contribution in [3.63, 3.8) is 0 Å². The lowest BCUT2D eigenvalue weighted by Gasteiger charge is -2.13. The molecule has 0 fully saturated rings. The molecule has 8 nitrogen and oxygen atoms in total. The van der Waals surface area contributed by atoms with Crippen LogP contribution in [-0.4, -0.2) is 62.2 Å². The summed E-state index contributed by atoms with van der Waals surface area (Å²) in [6.45, 7) is 3.38. The number of pyridine rings is 2. The van der Waals surface area contributed by atoms with Crippen LogP contribution in [-0.2, 0) is 0 Å². The number of aromatic amines is 2. The van der Waals surface area contributed by atoms with Gasteiger partial charge in [0.15, 0.2) is 11.6 Å². The van der Waals surface area contributed by atoms with Crippen LogP contribution in [0, 0.1) is 18.6 Å². The minimum Gasteiger partial charge on any atom is -0.384 e. The van der Waals surface area contributed by atoms with Gasteiger partial charge in [0.1, 0.15) is 17.2 Å². The number of H-pyrrole nitrogens is 2. The number of hydrogen-bond donors (Lipinski definition) is 3. The number of anilines is 1. The standard InChI is InChI=1S/C29H26F2N8/c1-16-7-8-32-14-21(16)27-25(31)24-23(15-34-27)37-38-28(24)29-35-22-6-4-5-20(26(22)36-29)17-11-18(30)13-19(12-17)33-9-10-39(2)3/h4-8,11-15,33H,9-10H2,1-3H3,(H,35,36)(H,37,38). The first-order valence-electron chi connectivity index (χ1n) is 12.5. The number of benzene rings is 2. The average Bonchev–Trinajstić information content (AvgIpc) is 3.53. The van der Waals surface area contributed by atoms with E-state index in [2.05, 4.69) is 35.4 Å². The first-order valence-corrected chi connectivity index (χ1v) is 12.5. The molecule has 39 heavy (non-hydrogen) atoms. The lowest BCUT2D eigenvalue weighted by Crippen LogP contribution is -2.20. The number of nitrogens with one attached hydrogen (secondary N) is 3. The number of aryl methyl sites for hydroxylation is 1. The molecule has 4 aromatic heterocycles. The Morgan fingerprint density at radius 1 is 0.974 bits per heavy atom. The summed E-state index contributed by atoms with van der Waals surface area (Å²) in [5.74, 6) is -0.464. The summed E-state index contributed by atoms with van der Waals surface area (Å²) in [7, 11) is 3.97. The molecular weight excluding hydrogens is 498 g/mol. The number of halogens is 2. The summed E-state index contributed by atoms with van der Waals surface area (Å²) < 4.78 is 30.5. The van der Waals surface area contributed by atoms with Crippen molar-refractivity contribution in [2.75, 3.05) is 32.5 Å². The fourth-order valence-corrected chi connectivity index (χ4v) is 4.69. The van der Waals surface area contributed by atoms with E-state index in [1.54, 1.807) is 18.6 Å². The molecule has 196 valence electrons. The molecule has 10 heteroatoms. The number of aromatic nitrogens is 6. The Kier molecular flexibility index (Phi) is 6.24. The highest BCUT2D eigenvalue weighted by molar-refractivity contribution is 5.98. The predicted octanol–water partition coefficient (Wildman–Crippen LogP) is 5.79. The number of imidazole rings is 1. The number of nitrogens with zero attached hydrogens (tertiary/aromatic N) is 5. The second-order valence-corrected chi connectivity index (χ2v) is 9.72. The molecule has 0 saturated carbocycles. The minimum absolute atomic E-state index is 0.196. The highest BCUT2D eigenvalue weighted by Crippen LogP contribution is 2.35. The molecular formula is C29H26F2N8. The Morgan fingerprint density at radius 3 is 2.67 bits per heavy atom. The lowest BCUT2D eigenvalue weighted by atomic mass is 10.0. The third kappa shape index (κ3) is 4.59. The fraction of sp³-hybridized carbons (Fsp3) is 0.172. The molecule has 0 aliphatic rings. The van der Waals surface area contributed by atoms with Crippen LogP contribution in [0.2, 0.25) is 0 Å². The molecule has 4 heterocycles. The van der Waals surface area contributed by atoms with E-state index in [4.69, 9.17) is 4.98 Å². The van der Waals surface area contributed by atoms with Crippen LogP contribution in [0.15, 0.2) is 61.1 Å². The highest BCUT2D eigenvalue weighted by atomic mass is 19.1. The Balaban J connectivity index is 1.44. The molecule has 0 spiro atoms. The van der Waals surface area contributed by atoms with E-state index < -0.39 is 5.82 Å². The zero-order chi connectivity index (χ0) is 27.1. The number of fused-ring (bicyclic) bond motifs is 2. The van der Waals surface area contributed by atoms with Gasteiger partial charge in [-0.05, 0) is 62.5 Å². The van der Waals surface area contributed by atoms with E-state index in [-0.39, 0.29) is 16.9 Å². The molecule has 0 saturated heterocycles. The van der Waals surface area contributed by atoms with Gasteiger partial charge in [0.2, 0.25) is 0 Å². The van der Waals surface area contributed by atoms with Crippen LogP contribution in [0.5, 0.6) is 0 Å². The van der Waals surface area contributed by atoms with Crippen molar-refractivity contribution in [3.8, 4) is 33.9 Å². The van der Waals surface area contributed by atoms with Crippen molar-refractivity contribution in [2.24, 2.45) is 0 Å². The topological polar surface area (TPSA) is 98.4 Å². The number of likely N-dealkylation sites (N-methyl/N-ethyl adjacent to an activating group) is 1. The van der Waals surface area contributed by atoms with Gasteiger partial charge in [0.05, 0.1) is 28.1 Å². The van der Waals surface area contributed by atoms with Crippen LogP contribution < -0.4 is 5.32 Å². The molecule has 0 unspecified atom stereocenters. The van der Waals surface area contributed by atoms with E-state index in [1.807, 2.05) is 51.4 Å². The van der Waals surface area contributed by atoms with Crippen LogP contribution >= 0.6 is 0 Å². The maximum absolute atomic E-state index is 15.9. The molecule has 0 aliphatic heterocycles. The molecule has 0 amide bonds. The smallest absolute Gasteiger partial charge is 0.161 e. The van der Waals surface area contributed by atoms with E-state index in [0.29, 0.717) is 45.9 Å². The van der Waals surface area contributed by atoms with Gasteiger partial charge in [-0.3, -0.25) is 15.1 Å². The largest absolute Gasteiger partial charge is 0.384 e.